The first-order valence-electron chi connectivity index (χ1n) is 11.4. The minimum atomic E-state index is -0.725. The minimum absolute atomic E-state index is 0.00330. The summed E-state index contributed by atoms with van der Waals surface area (Å²) in [5, 5.41) is 6.85. The topological polar surface area (TPSA) is 103 Å². The van der Waals surface area contributed by atoms with Crippen LogP contribution in [0.2, 0.25) is 0 Å². The highest BCUT2D eigenvalue weighted by molar-refractivity contribution is 5.98. The maximum absolute atomic E-state index is 13.2. The highest BCUT2D eigenvalue weighted by atomic mass is 16.6. The van der Waals surface area contributed by atoms with E-state index in [9.17, 15) is 9.59 Å². The number of amides is 2. The summed E-state index contributed by atoms with van der Waals surface area (Å²) < 4.78 is 14.0. The van der Waals surface area contributed by atoms with Crippen molar-refractivity contribution in [3.05, 3.63) is 66.6 Å². The SMILES string of the molecule is COC[C@@H]1CCCN1C(=O)c1cnn(C)c1OC(=O)Nc1ccn2cc(-c3ccccc3)nc2c1. The van der Waals surface area contributed by atoms with Crippen LogP contribution in [0.3, 0.4) is 0 Å². The fourth-order valence-corrected chi connectivity index (χ4v) is 4.36. The van der Waals surface area contributed by atoms with E-state index >= 15 is 0 Å². The summed E-state index contributed by atoms with van der Waals surface area (Å²) in [7, 11) is 3.24. The number of carbonyl (C=O) groups excluding carboxylic acids is 2. The zero-order valence-electron chi connectivity index (χ0n) is 19.5. The molecule has 1 fully saturated rings. The third kappa shape index (κ3) is 4.60. The molecule has 35 heavy (non-hydrogen) atoms. The van der Waals surface area contributed by atoms with Crippen molar-refractivity contribution in [1.82, 2.24) is 24.1 Å². The van der Waals surface area contributed by atoms with E-state index in [1.54, 1.807) is 31.2 Å². The predicted molar refractivity (Wildman–Crippen MR) is 129 cm³/mol. The number of carbonyl (C=O) groups is 2. The molecule has 0 aliphatic carbocycles. The fourth-order valence-electron chi connectivity index (χ4n) is 4.36. The van der Waals surface area contributed by atoms with Gasteiger partial charge in [0.2, 0.25) is 5.88 Å². The molecule has 1 aliphatic heterocycles. The smallest absolute Gasteiger partial charge is 0.390 e. The number of anilines is 1. The zero-order chi connectivity index (χ0) is 24.4. The van der Waals surface area contributed by atoms with Crippen LogP contribution in [0, 0.1) is 0 Å². The average molecular weight is 475 g/mol. The van der Waals surface area contributed by atoms with E-state index in [1.165, 1.54) is 10.9 Å². The second-order valence-electron chi connectivity index (χ2n) is 8.42. The number of methoxy groups -OCH3 is 1. The summed E-state index contributed by atoms with van der Waals surface area (Å²) >= 11 is 0. The van der Waals surface area contributed by atoms with Gasteiger partial charge in [0.25, 0.3) is 5.91 Å². The fraction of sp³-hybridized carbons (Fsp3) is 0.280. The number of aryl methyl sites for hydroxylation is 1. The number of aromatic nitrogens is 4. The lowest BCUT2D eigenvalue weighted by atomic mass is 10.2. The Morgan fingerprint density at radius 1 is 1.20 bits per heavy atom. The molecule has 5 rings (SSSR count). The highest BCUT2D eigenvalue weighted by Gasteiger charge is 2.32. The van der Waals surface area contributed by atoms with Crippen LogP contribution < -0.4 is 10.1 Å². The normalized spacial score (nSPS) is 15.5. The van der Waals surface area contributed by atoms with Gasteiger partial charge in [0.1, 0.15) is 11.2 Å². The van der Waals surface area contributed by atoms with E-state index < -0.39 is 6.09 Å². The van der Waals surface area contributed by atoms with Crippen LogP contribution in [0.25, 0.3) is 16.9 Å². The number of imidazole rings is 1. The Kier molecular flexibility index (Phi) is 6.19. The van der Waals surface area contributed by atoms with Crippen LogP contribution in [-0.4, -0.2) is 62.4 Å². The Balaban J connectivity index is 1.31. The van der Waals surface area contributed by atoms with E-state index in [-0.39, 0.29) is 23.4 Å². The van der Waals surface area contributed by atoms with Crippen LogP contribution in [0.5, 0.6) is 5.88 Å². The van der Waals surface area contributed by atoms with E-state index in [2.05, 4.69) is 15.4 Å². The van der Waals surface area contributed by atoms with Gasteiger partial charge in [-0.15, -0.1) is 0 Å². The average Bonchev–Trinajstić information content (AvgIpc) is 3.58. The molecule has 0 radical (unpaired) electrons. The second-order valence-corrected chi connectivity index (χ2v) is 8.42. The van der Waals surface area contributed by atoms with Gasteiger partial charge in [-0.1, -0.05) is 30.3 Å². The summed E-state index contributed by atoms with van der Waals surface area (Å²) in [6, 6.07) is 13.4. The molecule has 1 atom stereocenters. The van der Waals surface area contributed by atoms with Crippen molar-refractivity contribution < 1.29 is 19.1 Å². The monoisotopic (exact) mass is 474 g/mol. The molecular weight excluding hydrogens is 448 g/mol. The standard InChI is InChI=1S/C25H26N6O4/c1-29-24(20(14-26-29)23(32)31-11-6-9-19(31)16-34-2)35-25(33)27-18-10-12-30-15-21(28-22(30)13-18)17-7-4-3-5-8-17/h3-5,7-8,10,12-15,19H,6,9,11,16H2,1-2H3,(H,27,33)/t19-/m0/s1. The molecule has 0 saturated carbocycles. The number of hydrogen-bond acceptors (Lipinski definition) is 6. The summed E-state index contributed by atoms with van der Waals surface area (Å²) in [5.74, 6) is -0.142. The van der Waals surface area contributed by atoms with Gasteiger partial charge in [0.15, 0.2) is 0 Å². The number of likely N-dealkylation sites (tertiary alicyclic amines) is 1. The molecule has 0 bridgehead atoms. The predicted octanol–water partition coefficient (Wildman–Crippen LogP) is 3.60. The van der Waals surface area contributed by atoms with Crippen molar-refractivity contribution in [2.45, 2.75) is 18.9 Å². The van der Waals surface area contributed by atoms with Crippen LogP contribution >= 0.6 is 0 Å². The molecule has 10 nitrogen and oxygen atoms in total. The molecule has 1 aliphatic rings. The third-order valence-electron chi connectivity index (χ3n) is 6.08. The van der Waals surface area contributed by atoms with Crippen molar-refractivity contribution in [3.8, 4) is 17.1 Å². The molecule has 180 valence electrons. The molecule has 4 aromatic rings. The van der Waals surface area contributed by atoms with Gasteiger partial charge in [-0.2, -0.15) is 5.10 Å². The molecule has 1 N–H and O–H groups in total. The van der Waals surface area contributed by atoms with Crippen LogP contribution in [-0.2, 0) is 11.8 Å². The number of nitrogens with one attached hydrogen (secondary N) is 1. The van der Waals surface area contributed by atoms with Gasteiger partial charge in [-0.05, 0) is 18.9 Å². The second kappa shape index (κ2) is 9.59. The lowest BCUT2D eigenvalue weighted by Crippen LogP contribution is -2.38. The lowest BCUT2D eigenvalue weighted by molar-refractivity contribution is 0.0628. The van der Waals surface area contributed by atoms with Crippen molar-refractivity contribution in [3.63, 3.8) is 0 Å². The number of fused-ring (bicyclic) bond motifs is 1. The maximum atomic E-state index is 13.2. The number of benzene rings is 1. The van der Waals surface area contributed by atoms with Crippen molar-refractivity contribution in [2.24, 2.45) is 7.05 Å². The largest absolute Gasteiger partial charge is 0.418 e. The van der Waals surface area contributed by atoms with Gasteiger partial charge in [-0.25, -0.2) is 14.5 Å². The van der Waals surface area contributed by atoms with Gasteiger partial charge in [-0.3, -0.25) is 10.1 Å². The zero-order valence-corrected chi connectivity index (χ0v) is 19.5. The van der Waals surface area contributed by atoms with Gasteiger partial charge in [0, 0.05) is 50.4 Å². The van der Waals surface area contributed by atoms with Crippen molar-refractivity contribution in [2.75, 3.05) is 25.6 Å². The first kappa shape index (κ1) is 22.6. The summed E-state index contributed by atoms with van der Waals surface area (Å²) in [5.41, 5.74) is 3.27. The third-order valence-corrected chi connectivity index (χ3v) is 6.08. The first-order chi connectivity index (χ1) is 17.0. The Morgan fingerprint density at radius 2 is 2.03 bits per heavy atom. The number of hydrogen-bond donors (Lipinski definition) is 1. The number of rotatable bonds is 6. The van der Waals surface area contributed by atoms with Crippen molar-refractivity contribution in [1.29, 1.82) is 0 Å². The maximum Gasteiger partial charge on any atom is 0.418 e. The van der Waals surface area contributed by atoms with Gasteiger partial charge in [0.05, 0.1) is 24.5 Å². The number of ether oxygens (including phenoxy) is 2. The summed E-state index contributed by atoms with van der Waals surface area (Å²) in [6.07, 6.45) is 6.21. The molecule has 4 heterocycles. The van der Waals surface area contributed by atoms with Crippen LogP contribution in [0.1, 0.15) is 23.2 Å². The Hall–Kier alpha value is -4.18. The summed E-state index contributed by atoms with van der Waals surface area (Å²) in [4.78, 5) is 32.3. The van der Waals surface area contributed by atoms with E-state index in [0.29, 0.717) is 24.5 Å². The molecule has 2 amide bonds. The molecular formula is C25H26N6O4. The minimum Gasteiger partial charge on any atom is -0.390 e. The summed E-state index contributed by atoms with van der Waals surface area (Å²) in [6.45, 7) is 1.09. The molecule has 10 heteroatoms. The number of pyridine rings is 1. The first-order valence-corrected chi connectivity index (χ1v) is 11.4. The van der Waals surface area contributed by atoms with Gasteiger partial charge < -0.3 is 18.8 Å². The van der Waals surface area contributed by atoms with E-state index in [0.717, 1.165) is 24.1 Å². The Bertz CT molecular complexity index is 1360. The number of nitrogens with zero attached hydrogens (tertiary/aromatic N) is 5. The van der Waals surface area contributed by atoms with E-state index in [4.69, 9.17) is 9.47 Å². The molecule has 0 spiro atoms. The lowest BCUT2D eigenvalue weighted by Gasteiger charge is -2.23. The van der Waals surface area contributed by atoms with Crippen molar-refractivity contribution >= 4 is 23.3 Å². The molecule has 1 aromatic carbocycles. The van der Waals surface area contributed by atoms with Gasteiger partial charge >= 0.3 is 6.09 Å². The molecule has 1 saturated heterocycles. The Morgan fingerprint density at radius 3 is 2.83 bits per heavy atom. The highest BCUT2D eigenvalue weighted by Crippen LogP contribution is 2.26. The molecule has 3 aromatic heterocycles. The quantitative estimate of drug-likeness (QED) is 0.458. The molecule has 0 unspecified atom stereocenters. The van der Waals surface area contributed by atoms with Crippen LogP contribution in [0.15, 0.2) is 61.1 Å². The Labute approximate surface area is 202 Å². The van der Waals surface area contributed by atoms with Crippen LogP contribution in [0.4, 0.5) is 10.5 Å². The van der Waals surface area contributed by atoms with E-state index in [1.807, 2.05) is 47.1 Å².